The van der Waals surface area contributed by atoms with Gasteiger partial charge >= 0.3 is 0 Å². The summed E-state index contributed by atoms with van der Waals surface area (Å²) in [7, 11) is -3.47. The van der Waals surface area contributed by atoms with Crippen molar-refractivity contribution in [3.63, 3.8) is 0 Å². The van der Waals surface area contributed by atoms with Crippen LogP contribution in [0.15, 0.2) is 0 Å². The van der Waals surface area contributed by atoms with E-state index in [1.807, 2.05) is 27.7 Å². The number of nitrogens with zero attached hydrogens (tertiary/aromatic N) is 5. The molecule has 164 valence electrons. The molecule has 2 aliphatic rings. The second-order valence-electron chi connectivity index (χ2n) is 7.96. The van der Waals surface area contributed by atoms with Gasteiger partial charge in [-0.05, 0) is 32.3 Å². The number of carbonyl (C=O) groups is 1. The van der Waals surface area contributed by atoms with Gasteiger partial charge in [-0.2, -0.15) is 17.0 Å². The quantitative estimate of drug-likeness (QED) is 0.674. The highest BCUT2D eigenvalue weighted by molar-refractivity contribution is 7.86. The molecule has 3 heterocycles. The first kappa shape index (κ1) is 21.6. The summed E-state index contributed by atoms with van der Waals surface area (Å²) in [5.41, 5.74) is 1.86. The van der Waals surface area contributed by atoms with Crippen molar-refractivity contribution < 1.29 is 13.2 Å². The Morgan fingerprint density at radius 2 is 1.73 bits per heavy atom. The van der Waals surface area contributed by atoms with E-state index in [0.717, 1.165) is 40.1 Å². The van der Waals surface area contributed by atoms with Gasteiger partial charge in [0, 0.05) is 50.6 Å². The summed E-state index contributed by atoms with van der Waals surface area (Å²) in [6.45, 7) is 9.94. The minimum atomic E-state index is -3.47. The molecular formula is C20H29N5O3S2. The maximum atomic E-state index is 13.2. The van der Waals surface area contributed by atoms with Gasteiger partial charge in [0.2, 0.25) is 0 Å². The molecule has 2 aromatic rings. The Hall–Kier alpha value is -1.62. The zero-order valence-electron chi connectivity index (χ0n) is 18.0. The van der Waals surface area contributed by atoms with Crippen LogP contribution in [-0.4, -0.2) is 77.1 Å². The molecule has 1 aliphatic heterocycles. The molecule has 10 heteroatoms. The van der Waals surface area contributed by atoms with Crippen LogP contribution in [0.5, 0.6) is 0 Å². The van der Waals surface area contributed by atoms with Crippen molar-refractivity contribution in [1.82, 2.24) is 23.5 Å². The highest BCUT2D eigenvalue weighted by atomic mass is 32.2. The van der Waals surface area contributed by atoms with Gasteiger partial charge in [-0.25, -0.2) is 9.97 Å². The Labute approximate surface area is 182 Å². The number of aryl methyl sites for hydroxylation is 2. The molecule has 0 unspecified atom stereocenters. The Bertz CT molecular complexity index is 1070. The fraction of sp³-hybridized carbons (Fsp3) is 0.650. The molecule has 1 aliphatic carbocycles. The topological polar surface area (TPSA) is 86.7 Å². The second-order valence-corrected chi connectivity index (χ2v) is 10.9. The van der Waals surface area contributed by atoms with E-state index in [2.05, 4.69) is 4.98 Å². The molecule has 0 bridgehead atoms. The minimum Gasteiger partial charge on any atom is -0.335 e. The van der Waals surface area contributed by atoms with Crippen molar-refractivity contribution in [2.45, 2.75) is 46.5 Å². The van der Waals surface area contributed by atoms with Crippen molar-refractivity contribution in [2.75, 3.05) is 39.3 Å². The Morgan fingerprint density at radius 1 is 1.10 bits per heavy atom. The van der Waals surface area contributed by atoms with Gasteiger partial charge in [0.1, 0.15) is 10.7 Å². The molecule has 30 heavy (non-hydrogen) atoms. The van der Waals surface area contributed by atoms with E-state index in [9.17, 15) is 13.2 Å². The Morgan fingerprint density at radius 3 is 2.30 bits per heavy atom. The van der Waals surface area contributed by atoms with Crippen LogP contribution in [0.25, 0.3) is 10.2 Å². The predicted molar refractivity (Wildman–Crippen MR) is 118 cm³/mol. The van der Waals surface area contributed by atoms with Crippen LogP contribution < -0.4 is 0 Å². The van der Waals surface area contributed by atoms with Crippen molar-refractivity contribution >= 4 is 37.7 Å². The molecule has 2 aromatic heterocycles. The Kier molecular flexibility index (Phi) is 5.86. The van der Waals surface area contributed by atoms with E-state index in [0.29, 0.717) is 50.1 Å². The zero-order chi connectivity index (χ0) is 21.6. The molecule has 0 aromatic carbocycles. The Balaban J connectivity index is 1.53. The summed E-state index contributed by atoms with van der Waals surface area (Å²) in [4.78, 5) is 26.0. The summed E-state index contributed by atoms with van der Waals surface area (Å²) < 4.78 is 28.4. The normalized spacial score (nSPS) is 18.5. The van der Waals surface area contributed by atoms with Crippen molar-refractivity contribution in [3.05, 3.63) is 22.0 Å². The van der Waals surface area contributed by atoms with E-state index >= 15 is 0 Å². The van der Waals surface area contributed by atoms with Gasteiger partial charge in [-0.1, -0.05) is 13.8 Å². The van der Waals surface area contributed by atoms with Crippen LogP contribution in [-0.2, 0) is 10.2 Å². The standard InChI is InChI=1S/C20H29N5O3S2/c1-5-24(6-2)30(27,28)25-11-9-23(10-12-25)20(26)17-13(3)16-14(4)21-18(15-7-8-15)22-19(16)29-17/h15H,5-12H2,1-4H3. The number of piperazine rings is 1. The molecule has 4 rings (SSSR count). The molecule has 1 saturated carbocycles. The third kappa shape index (κ3) is 3.74. The summed E-state index contributed by atoms with van der Waals surface area (Å²) in [6, 6.07) is 0. The first-order chi connectivity index (χ1) is 14.3. The van der Waals surface area contributed by atoms with E-state index in [1.54, 1.807) is 4.90 Å². The number of carbonyl (C=O) groups excluding carboxylic acids is 1. The van der Waals surface area contributed by atoms with Crippen LogP contribution in [0.1, 0.15) is 59.4 Å². The molecule has 0 spiro atoms. The van der Waals surface area contributed by atoms with Crippen LogP contribution in [0.2, 0.25) is 0 Å². The lowest BCUT2D eigenvalue weighted by Crippen LogP contribution is -2.54. The van der Waals surface area contributed by atoms with Crippen molar-refractivity contribution in [3.8, 4) is 0 Å². The highest BCUT2D eigenvalue weighted by Crippen LogP contribution is 2.40. The van der Waals surface area contributed by atoms with Crippen LogP contribution >= 0.6 is 11.3 Å². The molecule has 1 amide bonds. The van der Waals surface area contributed by atoms with Crippen LogP contribution in [0, 0.1) is 13.8 Å². The number of fused-ring (bicyclic) bond motifs is 1. The second kappa shape index (κ2) is 8.14. The molecule has 0 N–H and O–H groups in total. The average Bonchev–Trinajstić information content (AvgIpc) is 3.52. The molecule has 0 radical (unpaired) electrons. The smallest absolute Gasteiger partial charge is 0.282 e. The van der Waals surface area contributed by atoms with Gasteiger partial charge in [0.15, 0.2) is 0 Å². The molecule has 8 nitrogen and oxygen atoms in total. The summed E-state index contributed by atoms with van der Waals surface area (Å²) in [5, 5.41) is 0.982. The average molecular weight is 452 g/mol. The number of aromatic nitrogens is 2. The highest BCUT2D eigenvalue weighted by Gasteiger charge is 2.34. The van der Waals surface area contributed by atoms with Crippen LogP contribution in [0.3, 0.4) is 0 Å². The van der Waals surface area contributed by atoms with E-state index in [1.165, 1.54) is 19.9 Å². The number of thiophene rings is 1. The third-order valence-electron chi connectivity index (χ3n) is 6.01. The zero-order valence-corrected chi connectivity index (χ0v) is 19.6. The van der Waals surface area contributed by atoms with Gasteiger partial charge in [0.25, 0.3) is 16.1 Å². The van der Waals surface area contributed by atoms with Gasteiger partial charge in [-0.3, -0.25) is 4.79 Å². The third-order valence-corrected chi connectivity index (χ3v) is 9.37. The maximum Gasteiger partial charge on any atom is 0.282 e. The summed E-state index contributed by atoms with van der Waals surface area (Å²) in [5.74, 6) is 1.33. The lowest BCUT2D eigenvalue weighted by molar-refractivity contribution is 0.0698. The molecule has 2 fully saturated rings. The van der Waals surface area contributed by atoms with Crippen molar-refractivity contribution in [2.24, 2.45) is 0 Å². The van der Waals surface area contributed by atoms with Gasteiger partial charge < -0.3 is 4.90 Å². The lowest BCUT2D eigenvalue weighted by Gasteiger charge is -2.36. The van der Waals surface area contributed by atoms with Crippen LogP contribution in [0.4, 0.5) is 0 Å². The van der Waals surface area contributed by atoms with E-state index < -0.39 is 10.2 Å². The largest absolute Gasteiger partial charge is 0.335 e. The number of rotatable bonds is 6. The number of hydrogen-bond acceptors (Lipinski definition) is 6. The summed E-state index contributed by atoms with van der Waals surface area (Å²) >= 11 is 1.44. The molecule has 1 saturated heterocycles. The molecular weight excluding hydrogens is 422 g/mol. The van der Waals surface area contributed by atoms with Crippen molar-refractivity contribution in [1.29, 1.82) is 0 Å². The lowest BCUT2D eigenvalue weighted by atomic mass is 10.1. The first-order valence-electron chi connectivity index (χ1n) is 10.6. The van der Waals surface area contributed by atoms with Gasteiger partial charge in [0.05, 0.1) is 10.6 Å². The van der Waals surface area contributed by atoms with Gasteiger partial charge in [-0.15, -0.1) is 11.3 Å². The van der Waals surface area contributed by atoms with E-state index in [4.69, 9.17) is 4.98 Å². The summed E-state index contributed by atoms with van der Waals surface area (Å²) in [6.07, 6.45) is 2.28. The number of amides is 1. The molecule has 0 atom stereocenters. The fourth-order valence-corrected chi connectivity index (χ4v) is 6.88. The predicted octanol–water partition coefficient (Wildman–Crippen LogP) is 2.53. The monoisotopic (exact) mass is 451 g/mol. The SMILES string of the molecule is CCN(CC)S(=O)(=O)N1CCN(C(=O)c2sc3nc(C4CC4)nc(C)c3c2C)CC1. The van der Waals surface area contributed by atoms with E-state index in [-0.39, 0.29) is 5.91 Å². The minimum absolute atomic E-state index is 0.0391. The number of hydrogen-bond donors (Lipinski definition) is 0. The first-order valence-corrected chi connectivity index (χ1v) is 12.8. The maximum absolute atomic E-state index is 13.2. The fourth-order valence-electron chi connectivity index (χ4n) is 4.07.